The summed E-state index contributed by atoms with van der Waals surface area (Å²) < 4.78 is 11.8. The van der Waals surface area contributed by atoms with E-state index in [2.05, 4.69) is 36.3 Å². The number of aromatic amines is 4. The summed E-state index contributed by atoms with van der Waals surface area (Å²) in [6.07, 6.45) is 0. The topological polar surface area (TPSA) is 116 Å². The largest absolute Gasteiger partial charge is 0.493 e. The van der Waals surface area contributed by atoms with Crippen LogP contribution in [0.2, 0.25) is 0 Å². The molecule has 0 aliphatic carbocycles. The normalized spacial score (nSPS) is 11.2. The number of rotatable bonds is 6. The third-order valence-corrected chi connectivity index (χ3v) is 5.06. The second-order valence-corrected chi connectivity index (χ2v) is 6.99. The molecule has 0 amide bonds. The summed E-state index contributed by atoms with van der Waals surface area (Å²) in [6.45, 7) is 5.94. The first kappa shape index (κ1) is 19.1. The first-order valence-corrected chi connectivity index (χ1v) is 9.22. The Morgan fingerprint density at radius 2 is 1.56 bits per heavy atom. The summed E-state index contributed by atoms with van der Waals surface area (Å²) in [7, 11) is 1.55. The molecule has 0 saturated carbocycles. The lowest BCUT2D eigenvalue weighted by Crippen LogP contribution is -2.20. The van der Waals surface area contributed by atoms with Gasteiger partial charge in [0.15, 0.2) is 11.5 Å². The van der Waals surface area contributed by atoms with Crippen molar-refractivity contribution in [3.05, 3.63) is 65.4 Å². The van der Waals surface area contributed by atoms with Crippen molar-refractivity contribution in [1.29, 1.82) is 0 Å². The van der Waals surface area contributed by atoms with Gasteiger partial charge in [-0.15, -0.1) is 0 Å². The van der Waals surface area contributed by atoms with Gasteiger partial charge in [0.1, 0.15) is 0 Å². The minimum Gasteiger partial charge on any atom is -0.493 e. The summed E-state index contributed by atoms with van der Waals surface area (Å²) in [6, 6.07) is 3.63. The Labute approximate surface area is 163 Å². The average molecular weight is 437 g/mol. The van der Waals surface area contributed by atoms with Crippen molar-refractivity contribution < 1.29 is 9.47 Å². The van der Waals surface area contributed by atoms with E-state index in [1.807, 2.05) is 13.0 Å². The summed E-state index contributed by atoms with van der Waals surface area (Å²) in [5.41, 5.74) is 2.44. The molecule has 0 bridgehead atoms. The minimum absolute atomic E-state index is 0.276. The molecule has 0 aliphatic heterocycles. The molecule has 8 nitrogen and oxygen atoms in total. The maximum Gasteiger partial charge on any atom is 0.268 e. The lowest BCUT2D eigenvalue weighted by Gasteiger charge is -2.19. The quantitative estimate of drug-likeness (QED) is 0.475. The molecule has 9 heteroatoms. The molecule has 0 fully saturated rings. The lowest BCUT2D eigenvalue weighted by molar-refractivity contribution is 0.308. The molecule has 0 atom stereocenters. The van der Waals surface area contributed by atoms with Gasteiger partial charge in [-0.05, 0) is 54.4 Å². The van der Waals surface area contributed by atoms with Crippen molar-refractivity contribution in [2.75, 3.05) is 13.7 Å². The second-order valence-electron chi connectivity index (χ2n) is 6.14. The number of aromatic nitrogens is 4. The molecule has 4 N–H and O–H groups in total. The first-order chi connectivity index (χ1) is 12.9. The summed E-state index contributed by atoms with van der Waals surface area (Å²) >= 11 is 3.52. The van der Waals surface area contributed by atoms with Crippen LogP contribution in [0.5, 0.6) is 11.5 Å². The lowest BCUT2D eigenvalue weighted by atomic mass is 9.85. The van der Waals surface area contributed by atoms with Gasteiger partial charge in [0, 0.05) is 17.3 Å². The van der Waals surface area contributed by atoms with Crippen LogP contribution in [0.25, 0.3) is 0 Å². The molecule has 0 radical (unpaired) electrons. The average Bonchev–Trinajstić information content (AvgIpc) is 3.14. The Bertz CT molecular complexity index is 1020. The fourth-order valence-corrected chi connectivity index (χ4v) is 3.85. The zero-order chi connectivity index (χ0) is 19.7. The van der Waals surface area contributed by atoms with E-state index in [1.54, 1.807) is 27.0 Å². The number of aryl methyl sites for hydroxylation is 2. The van der Waals surface area contributed by atoms with Crippen LogP contribution < -0.4 is 20.6 Å². The maximum atomic E-state index is 12.5. The van der Waals surface area contributed by atoms with Crippen LogP contribution in [0.3, 0.4) is 0 Å². The van der Waals surface area contributed by atoms with Crippen LogP contribution >= 0.6 is 15.9 Å². The van der Waals surface area contributed by atoms with Gasteiger partial charge in [-0.2, -0.15) is 0 Å². The Kier molecular flexibility index (Phi) is 5.31. The van der Waals surface area contributed by atoms with Gasteiger partial charge in [0.05, 0.1) is 29.3 Å². The Morgan fingerprint density at radius 3 is 1.96 bits per heavy atom. The van der Waals surface area contributed by atoms with Gasteiger partial charge >= 0.3 is 0 Å². The van der Waals surface area contributed by atoms with Gasteiger partial charge in [0.25, 0.3) is 11.1 Å². The fraction of sp³-hybridized carbons (Fsp3) is 0.333. The maximum absolute atomic E-state index is 12.5. The van der Waals surface area contributed by atoms with Gasteiger partial charge in [-0.25, -0.2) is 0 Å². The zero-order valence-corrected chi connectivity index (χ0v) is 17.0. The van der Waals surface area contributed by atoms with E-state index in [9.17, 15) is 9.59 Å². The van der Waals surface area contributed by atoms with E-state index in [1.165, 1.54) is 0 Å². The molecule has 27 heavy (non-hydrogen) atoms. The van der Waals surface area contributed by atoms with Gasteiger partial charge in [-0.1, -0.05) is 0 Å². The summed E-state index contributed by atoms with van der Waals surface area (Å²) in [5, 5.41) is 10.9. The second kappa shape index (κ2) is 7.51. The molecule has 144 valence electrons. The van der Waals surface area contributed by atoms with E-state index in [4.69, 9.17) is 9.47 Å². The standard InChI is InChI=1S/C18H21BrN4O4/c1-5-27-16-11(19)6-10(7-12(16)26-4)15(13-8(2)20-22-17(13)24)14-9(3)21-23-18(14)25/h6-7,15H,5H2,1-4H3,(H2,20,22,24)(H2,21,23,25). The van der Waals surface area contributed by atoms with Crippen LogP contribution in [-0.2, 0) is 0 Å². The SMILES string of the molecule is CCOc1c(Br)cc(C(c2c(C)[nH][nH]c2=O)c2c(C)[nH][nH]c2=O)cc1OC. The number of ether oxygens (including phenoxy) is 2. The molecule has 2 heterocycles. The van der Waals surface area contributed by atoms with Crippen molar-refractivity contribution in [3.8, 4) is 11.5 Å². The van der Waals surface area contributed by atoms with Crippen LogP contribution in [0.15, 0.2) is 26.2 Å². The molecule has 3 rings (SSSR count). The predicted octanol–water partition coefficient (Wildman–Crippen LogP) is 2.69. The van der Waals surface area contributed by atoms with E-state index < -0.39 is 5.92 Å². The fourth-order valence-electron chi connectivity index (χ4n) is 3.27. The van der Waals surface area contributed by atoms with E-state index in [-0.39, 0.29) is 11.1 Å². The molecular formula is C18H21BrN4O4. The molecule has 0 unspecified atom stereocenters. The number of methoxy groups -OCH3 is 1. The number of halogens is 1. The molecular weight excluding hydrogens is 416 g/mol. The Balaban J connectivity index is 2.32. The van der Waals surface area contributed by atoms with Crippen LogP contribution in [0.4, 0.5) is 0 Å². The zero-order valence-electron chi connectivity index (χ0n) is 15.5. The molecule has 2 aromatic heterocycles. The first-order valence-electron chi connectivity index (χ1n) is 8.43. The molecule has 1 aromatic carbocycles. The number of hydrogen-bond donors (Lipinski definition) is 4. The third kappa shape index (κ3) is 3.34. The smallest absolute Gasteiger partial charge is 0.268 e. The Hall–Kier alpha value is -2.68. The number of hydrogen-bond acceptors (Lipinski definition) is 4. The van der Waals surface area contributed by atoms with Crippen LogP contribution in [-0.4, -0.2) is 34.1 Å². The predicted molar refractivity (Wildman–Crippen MR) is 105 cm³/mol. The summed E-state index contributed by atoms with van der Waals surface area (Å²) in [4.78, 5) is 25.0. The van der Waals surface area contributed by atoms with Crippen molar-refractivity contribution in [2.24, 2.45) is 0 Å². The number of benzene rings is 1. The highest BCUT2D eigenvalue weighted by Gasteiger charge is 2.29. The summed E-state index contributed by atoms with van der Waals surface area (Å²) in [5.74, 6) is 0.498. The van der Waals surface area contributed by atoms with Crippen LogP contribution in [0.1, 0.15) is 40.9 Å². The molecule has 0 saturated heterocycles. The highest BCUT2D eigenvalue weighted by Crippen LogP contribution is 2.41. The number of H-pyrrole nitrogens is 4. The third-order valence-electron chi connectivity index (χ3n) is 4.48. The van der Waals surface area contributed by atoms with E-state index in [0.717, 1.165) is 5.56 Å². The van der Waals surface area contributed by atoms with Crippen molar-refractivity contribution in [2.45, 2.75) is 26.7 Å². The van der Waals surface area contributed by atoms with E-state index >= 15 is 0 Å². The number of nitrogens with one attached hydrogen (secondary N) is 4. The minimum atomic E-state index is -0.587. The van der Waals surface area contributed by atoms with Gasteiger partial charge < -0.3 is 19.7 Å². The van der Waals surface area contributed by atoms with E-state index in [0.29, 0.717) is 45.1 Å². The monoisotopic (exact) mass is 436 g/mol. The molecule has 3 aromatic rings. The highest BCUT2D eigenvalue weighted by atomic mass is 79.9. The van der Waals surface area contributed by atoms with Gasteiger partial charge in [-0.3, -0.25) is 19.8 Å². The highest BCUT2D eigenvalue weighted by molar-refractivity contribution is 9.10. The van der Waals surface area contributed by atoms with Crippen molar-refractivity contribution >= 4 is 15.9 Å². The molecule has 0 aliphatic rings. The van der Waals surface area contributed by atoms with Crippen molar-refractivity contribution in [3.63, 3.8) is 0 Å². The van der Waals surface area contributed by atoms with Crippen molar-refractivity contribution in [1.82, 2.24) is 20.4 Å². The Morgan fingerprint density at radius 1 is 1.00 bits per heavy atom. The van der Waals surface area contributed by atoms with Gasteiger partial charge in [0.2, 0.25) is 0 Å². The van der Waals surface area contributed by atoms with Crippen LogP contribution in [0, 0.1) is 13.8 Å². The molecule has 0 spiro atoms.